The van der Waals surface area contributed by atoms with E-state index in [0.717, 1.165) is 25.9 Å². The summed E-state index contributed by atoms with van der Waals surface area (Å²) in [6.07, 6.45) is 3.53. The van der Waals surface area contributed by atoms with E-state index in [1.807, 2.05) is 0 Å². The smallest absolute Gasteiger partial charge is 0.224 e. The van der Waals surface area contributed by atoms with Crippen LogP contribution in [-0.2, 0) is 9.53 Å². The first kappa shape index (κ1) is 15.7. The zero-order chi connectivity index (χ0) is 15.2. The van der Waals surface area contributed by atoms with Crippen LogP contribution in [0.2, 0.25) is 0 Å². The van der Waals surface area contributed by atoms with Crippen LogP contribution in [0.15, 0.2) is 18.2 Å². The van der Waals surface area contributed by atoms with Gasteiger partial charge in [-0.25, -0.2) is 0 Å². The number of carbonyl (C=O) groups is 1. The van der Waals surface area contributed by atoms with Gasteiger partial charge in [0.1, 0.15) is 10.7 Å². The van der Waals surface area contributed by atoms with E-state index in [-0.39, 0.29) is 12.0 Å². The molecule has 5 nitrogen and oxygen atoms in total. The Morgan fingerprint density at radius 2 is 2.38 bits per heavy atom. The van der Waals surface area contributed by atoms with Crippen LogP contribution in [0.1, 0.15) is 31.2 Å². The summed E-state index contributed by atoms with van der Waals surface area (Å²) in [4.78, 5) is 12.3. The van der Waals surface area contributed by atoms with Crippen molar-refractivity contribution in [2.75, 3.05) is 19.0 Å². The molecule has 6 heteroatoms. The molecule has 1 amide bonds. The average Bonchev–Trinajstić information content (AvgIpc) is 2.98. The van der Waals surface area contributed by atoms with Crippen molar-refractivity contribution in [2.24, 2.45) is 5.73 Å². The molecule has 1 aliphatic rings. The molecule has 2 rings (SSSR count). The lowest BCUT2D eigenvalue weighted by Gasteiger charge is -2.13. The van der Waals surface area contributed by atoms with Crippen LogP contribution in [-0.4, -0.2) is 30.7 Å². The van der Waals surface area contributed by atoms with Gasteiger partial charge >= 0.3 is 0 Å². The Balaban J connectivity index is 1.94. The Labute approximate surface area is 129 Å². The van der Waals surface area contributed by atoms with Gasteiger partial charge in [-0.15, -0.1) is 0 Å². The zero-order valence-corrected chi connectivity index (χ0v) is 12.9. The molecule has 1 heterocycles. The van der Waals surface area contributed by atoms with Gasteiger partial charge in [-0.3, -0.25) is 4.79 Å². The van der Waals surface area contributed by atoms with Crippen LogP contribution >= 0.6 is 12.2 Å². The van der Waals surface area contributed by atoms with Crippen LogP contribution in [0.4, 0.5) is 5.69 Å². The molecule has 21 heavy (non-hydrogen) atoms. The molecule has 1 fully saturated rings. The van der Waals surface area contributed by atoms with E-state index in [1.54, 1.807) is 25.3 Å². The number of nitrogens with one attached hydrogen (secondary N) is 1. The van der Waals surface area contributed by atoms with Gasteiger partial charge in [0, 0.05) is 18.6 Å². The van der Waals surface area contributed by atoms with E-state index in [0.29, 0.717) is 28.4 Å². The fourth-order valence-corrected chi connectivity index (χ4v) is 2.45. The summed E-state index contributed by atoms with van der Waals surface area (Å²) in [5.41, 5.74) is 6.91. The average molecular weight is 308 g/mol. The predicted molar refractivity (Wildman–Crippen MR) is 85.7 cm³/mol. The normalized spacial score (nSPS) is 17.5. The van der Waals surface area contributed by atoms with E-state index in [2.05, 4.69) is 5.32 Å². The zero-order valence-electron chi connectivity index (χ0n) is 12.1. The second-order valence-corrected chi connectivity index (χ2v) is 5.44. The van der Waals surface area contributed by atoms with Crippen LogP contribution in [0, 0.1) is 0 Å². The topological polar surface area (TPSA) is 73.6 Å². The molecule has 0 aliphatic carbocycles. The first-order chi connectivity index (χ1) is 10.1. The van der Waals surface area contributed by atoms with E-state index < -0.39 is 0 Å². The third kappa shape index (κ3) is 4.41. The molecule has 0 bridgehead atoms. The van der Waals surface area contributed by atoms with Crippen molar-refractivity contribution in [3.05, 3.63) is 23.8 Å². The van der Waals surface area contributed by atoms with Gasteiger partial charge < -0.3 is 20.5 Å². The summed E-state index contributed by atoms with van der Waals surface area (Å²) in [6, 6.07) is 5.23. The number of rotatable bonds is 6. The summed E-state index contributed by atoms with van der Waals surface area (Å²) >= 11 is 4.92. The lowest BCUT2D eigenvalue weighted by atomic mass is 10.1. The lowest BCUT2D eigenvalue weighted by Crippen LogP contribution is -2.16. The largest absolute Gasteiger partial charge is 0.495 e. The highest BCUT2D eigenvalue weighted by Gasteiger charge is 2.17. The number of anilines is 1. The number of hydrogen-bond donors (Lipinski definition) is 2. The van der Waals surface area contributed by atoms with Gasteiger partial charge in [0.25, 0.3) is 0 Å². The molecule has 1 aromatic carbocycles. The number of nitrogens with two attached hydrogens (primary N) is 1. The lowest BCUT2D eigenvalue weighted by molar-refractivity contribution is -0.116. The van der Waals surface area contributed by atoms with Crippen molar-refractivity contribution in [2.45, 2.75) is 31.8 Å². The molecule has 1 aromatic rings. The number of methoxy groups -OCH3 is 1. The highest BCUT2D eigenvalue weighted by Crippen LogP contribution is 2.26. The summed E-state index contributed by atoms with van der Waals surface area (Å²) in [6.45, 7) is 0.806. The number of amides is 1. The highest BCUT2D eigenvalue weighted by atomic mass is 32.1. The fourth-order valence-electron chi connectivity index (χ4n) is 2.32. The summed E-state index contributed by atoms with van der Waals surface area (Å²) in [7, 11) is 1.54. The number of thiocarbonyl (C=S) groups is 1. The standard InChI is InChI=1S/C15H20N2O3S/c1-19-13-9-10(15(16)21)4-6-12(13)17-14(18)7-5-11-3-2-8-20-11/h4,6,9,11H,2-3,5,7-8H2,1H3,(H2,16,21)(H,17,18). The van der Waals surface area contributed by atoms with Crippen molar-refractivity contribution >= 4 is 28.8 Å². The molecule has 114 valence electrons. The molecule has 1 aliphatic heterocycles. The maximum Gasteiger partial charge on any atom is 0.224 e. The van der Waals surface area contributed by atoms with Crippen molar-refractivity contribution in [3.63, 3.8) is 0 Å². The highest BCUT2D eigenvalue weighted by molar-refractivity contribution is 7.80. The number of carbonyl (C=O) groups excluding carboxylic acids is 1. The second-order valence-electron chi connectivity index (χ2n) is 5.00. The first-order valence-electron chi connectivity index (χ1n) is 6.99. The number of ether oxygens (including phenoxy) is 2. The maximum atomic E-state index is 12.0. The fraction of sp³-hybridized carbons (Fsp3) is 0.467. The molecule has 0 saturated carbocycles. The minimum absolute atomic E-state index is 0.0492. The van der Waals surface area contributed by atoms with Crippen LogP contribution < -0.4 is 15.8 Å². The third-order valence-corrected chi connectivity index (χ3v) is 3.71. The van der Waals surface area contributed by atoms with Crippen LogP contribution in [0.3, 0.4) is 0 Å². The number of benzene rings is 1. The number of hydrogen-bond acceptors (Lipinski definition) is 4. The molecule has 0 radical (unpaired) electrons. The van der Waals surface area contributed by atoms with Crippen LogP contribution in [0.5, 0.6) is 5.75 Å². The minimum Gasteiger partial charge on any atom is -0.495 e. The summed E-state index contributed by atoms with van der Waals surface area (Å²) in [5.74, 6) is 0.498. The molecule has 0 spiro atoms. The van der Waals surface area contributed by atoms with Gasteiger partial charge in [0.15, 0.2) is 0 Å². The maximum absolute atomic E-state index is 12.0. The van der Waals surface area contributed by atoms with Gasteiger partial charge in [-0.2, -0.15) is 0 Å². The van der Waals surface area contributed by atoms with Crippen molar-refractivity contribution in [3.8, 4) is 5.75 Å². The van der Waals surface area contributed by atoms with Gasteiger partial charge in [0.2, 0.25) is 5.91 Å². The van der Waals surface area contributed by atoms with Crippen molar-refractivity contribution in [1.29, 1.82) is 0 Å². The molecule has 0 aromatic heterocycles. The summed E-state index contributed by atoms with van der Waals surface area (Å²) < 4.78 is 10.8. The van der Waals surface area contributed by atoms with Gasteiger partial charge in [-0.05, 0) is 37.5 Å². The Kier molecular flexibility index (Phi) is 5.52. The van der Waals surface area contributed by atoms with E-state index in [9.17, 15) is 4.79 Å². The van der Waals surface area contributed by atoms with Crippen molar-refractivity contribution in [1.82, 2.24) is 0 Å². The first-order valence-corrected chi connectivity index (χ1v) is 7.40. The van der Waals surface area contributed by atoms with Gasteiger partial charge in [-0.1, -0.05) is 12.2 Å². The summed E-state index contributed by atoms with van der Waals surface area (Å²) in [5, 5.41) is 2.85. The second kappa shape index (κ2) is 7.38. The minimum atomic E-state index is -0.0492. The molecular formula is C15H20N2O3S. The third-order valence-electron chi connectivity index (χ3n) is 3.48. The van der Waals surface area contributed by atoms with E-state index in [4.69, 9.17) is 27.4 Å². The molecule has 1 unspecified atom stereocenters. The predicted octanol–water partition coefficient (Wildman–Crippen LogP) is 2.23. The van der Waals surface area contributed by atoms with E-state index in [1.165, 1.54) is 0 Å². The van der Waals surface area contributed by atoms with Crippen molar-refractivity contribution < 1.29 is 14.3 Å². The Bertz CT molecular complexity index is 528. The Hall–Kier alpha value is -1.66. The molecular weight excluding hydrogens is 288 g/mol. The SMILES string of the molecule is COc1cc(C(N)=S)ccc1NC(=O)CCC1CCCO1. The van der Waals surface area contributed by atoms with Gasteiger partial charge in [0.05, 0.1) is 18.9 Å². The Morgan fingerprint density at radius 1 is 1.57 bits per heavy atom. The van der Waals surface area contributed by atoms with Crippen LogP contribution in [0.25, 0.3) is 0 Å². The van der Waals surface area contributed by atoms with E-state index >= 15 is 0 Å². The molecule has 1 atom stereocenters. The Morgan fingerprint density at radius 3 is 3.00 bits per heavy atom. The molecule has 3 N–H and O–H groups in total. The molecule has 1 saturated heterocycles. The monoisotopic (exact) mass is 308 g/mol. The quantitative estimate of drug-likeness (QED) is 0.788.